The van der Waals surface area contributed by atoms with Crippen molar-refractivity contribution >= 4 is 27.9 Å². The third-order valence-electron chi connectivity index (χ3n) is 4.92. The molecule has 0 atom stereocenters. The molecule has 5 aromatic rings. The van der Waals surface area contributed by atoms with Crippen LogP contribution in [-0.4, -0.2) is 21.0 Å². The van der Waals surface area contributed by atoms with Crippen molar-refractivity contribution in [2.75, 3.05) is 0 Å². The van der Waals surface area contributed by atoms with E-state index in [9.17, 15) is 4.79 Å². The van der Waals surface area contributed by atoms with Crippen molar-refractivity contribution in [3.63, 3.8) is 0 Å². The summed E-state index contributed by atoms with van der Waals surface area (Å²) in [4.78, 5) is 18.2. The maximum absolute atomic E-state index is 10.1. The molecule has 0 aliphatic rings. The molecule has 5 nitrogen and oxygen atoms in total. The van der Waals surface area contributed by atoms with Gasteiger partial charge >= 0.3 is 5.97 Å². The van der Waals surface area contributed by atoms with Gasteiger partial charge in [0.2, 0.25) is 0 Å². The average Bonchev–Trinajstić information content (AvgIpc) is 3.19. The summed E-state index contributed by atoms with van der Waals surface area (Å²) < 4.78 is 6.26. The quantitative estimate of drug-likeness (QED) is 0.247. The number of rotatable bonds is 3. The second-order valence-electron chi connectivity index (χ2n) is 7.31. The Labute approximate surface area is 196 Å². The van der Waals surface area contributed by atoms with Gasteiger partial charge in [-0.05, 0) is 35.4 Å². The van der Waals surface area contributed by atoms with Crippen LogP contribution >= 0.6 is 0 Å². The fourth-order valence-corrected chi connectivity index (χ4v) is 3.43. The molecule has 0 unspecified atom stereocenters. The van der Waals surface area contributed by atoms with E-state index in [1.165, 1.54) is 17.8 Å². The molecule has 0 aliphatic heterocycles. The van der Waals surface area contributed by atoms with E-state index < -0.39 is 5.97 Å². The van der Waals surface area contributed by atoms with Crippen molar-refractivity contribution in [3.8, 4) is 11.3 Å². The minimum Gasteiger partial charge on any atom is -0.500 e. The first kappa shape index (κ1) is 23.2. The van der Waals surface area contributed by atoms with Gasteiger partial charge < -0.3 is 14.5 Å². The molecule has 1 N–H and O–H groups in total. The number of fused-ring (bicyclic) bond motifs is 3. The van der Waals surface area contributed by atoms with Gasteiger partial charge in [-0.3, -0.25) is 0 Å². The normalized spacial score (nSPS) is 10.5. The van der Waals surface area contributed by atoms with Gasteiger partial charge in [0.15, 0.2) is 0 Å². The van der Waals surface area contributed by atoms with Crippen LogP contribution in [0.25, 0.3) is 33.2 Å². The molecule has 164 valence electrons. The fourth-order valence-electron chi connectivity index (χ4n) is 3.43. The second-order valence-corrected chi connectivity index (χ2v) is 7.31. The number of furan rings is 1. The maximum atomic E-state index is 10.1. The number of benzene rings is 2. The van der Waals surface area contributed by atoms with Crippen molar-refractivity contribution in [1.82, 2.24) is 9.97 Å². The Morgan fingerprint density at radius 3 is 2.22 bits per heavy atom. The Bertz CT molecular complexity index is 1330. The molecular formula is C26H21N2NiO3-. The fraction of sp³-hybridized carbons (Fsp3) is 0.115. The van der Waals surface area contributed by atoms with E-state index in [4.69, 9.17) is 9.52 Å². The van der Waals surface area contributed by atoms with Crippen LogP contribution in [0.4, 0.5) is 0 Å². The molecule has 32 heavy (non-hydrogen) atoms. The zero-order valence-electron chi connectivity index (χ0n) is 17.6. The van der Waals surface area contributed by atoms with E-state index in [0.717, 1.165) is 33.2 Å². The van der Waals surface area contributed by atoms with Crippen molar-refractivity contribution < 1.29 is 30.8 Å². The van der Waals surface area contributed by atoms with Crippen LogP contribution in [-0.2, 0) is 16.5 Å². The van der Waals surface area contributed by atoms with Crippen LogP contribution in [0.15, 0.2) is 83.5 Å². The zero-order chi connectivity index (χ0) is 21.8. The summed E-state index contributed by atoms with van der Waals surface area (Å²) in [7, 11) is 0. The topological polar surface area (TPSA) is 76.2 Å². The zero-order valence-corrected chi connectivity index (χ0v) is 18.5. The number of nitrogens with zero attached hydrogens (tertiary/aromatic N) is 2. The van der Waals surface area contributed by atoms with Gasteiger partial charge in [-0.1, -0.05) is 61.2 Å². The Hall–Kier alpha value is -3.50. The Morgan fingerprint density at radius 2 is 1.62 bits per heavy atom. The van der Waals surface area contributed by atoms with Crippen molar-refractivity contribution in [3.05, 3.63) is 96.4 Å². The monoisotopic (exact) mass is 467 g/mol. The van der Waals surface area contributed by atoms with Crippen LogP contribution in [0.1, 0.15) is 35.8 Å². The maximum Gasteiger partial charge on any atom is 0.354 e. The number of carboxylic acid groups (broad SMARTS) is 1. The van der Waals surface area contributed by atoms with Crippen LogP contribution in [0, 0.1) is 6.07 Å². The predicted molar refractivity (Wildman–Crippen MR) is 121 cm³/mol. The number of carbonyl (C=O) groups is 1. The third-order valence-corrected chi connectivity index (χ3v) is 4.92. The van der Waals surface area contributed by atoms with Crippen molar-refractivity contribution in [1.29, 1.82) is 0 Å². The van der Waals surface area contributed by atoms with Crippen LogP contribution < -0.4 is 0 Å². The van der Waals surface area contributed by atoms with E-state index >= 15 is 0 Å². The number of hydrogen-bond acceptors (Lipinski definition) is 4. The van der Waals surface area contributed by atoms with E-state index in [0.29, 0.717) is 5.92 Å². The van der Waals surface area contributed by atoms with Crippen molar-refractivity contribution in [2.24, 2.45) is 0 Å². The summed E-state index contributed by atoms with van der Waals surface area (Å²) in [5.41, 5.74) is 4.97. The second kappa shape index (κ2) is 10.2. The molecule has 0 fully saturated rings. The van der Waals surface area contributed by atoms with E-state index in [1.54, 1.807) is 18.3 Å². The van der Waals surface area contributed by atoms with E-state index in [1.807, 2.05) is 24.3 Å². The number of aromatic carboxylic acids is 1. The number of hydrogen-bond donors (Lipinski definition) is 1. The first-order valence-electron chi connectivity index (χ1n) is 9.98. The van der Waals surface area contributed by atoms with Gasteiger partial charge in [0, 0.05) is 34.3 Å². The van der Waals surface area contributed by atoms with E-state index in [2.05, 4.69) is 54.1 Å². The number of para-hydroxylation sites is 1. The smallest absolute Gasteiger partial charge is 0.354 e. The summed E-state index contributed by atoms with van der Waals surface area (Å²) in [6.07, 6.45) is 3.24. The van der Waals surface area contributed by atoms with E-state index in [-0.39, 0.29) is 22.2 Å². The summed E-state index contributed by atoms with van der Waals surface area (Å²) in [6.45, 7) is 4.38. The molecule has 0 aliphatic carbocycles. The molecule has 5 rings (SSSR count). The minimum absolute atomic E-state index is 0. The van der Waals surface area contributed by atoms with Crippen LogP contribution in [0.5, 0.6) is 0 Å². The molecule has 0 saturated carbocycles. The summed E-state index contributed by atoms with van der Waals surface area (Å²) in [5, 5.41) is 10.6. The first-order valence-corrected chi connectivity index (χ1v) is 9.98. The number of carboxylic acids is 1. The van der Waals surface area contributed by atoms with Gasteiger partial charge in [-0.25, -0.2) is 9.78 Å². The summed E-state index contributed by atoms with van der Waals surface area (Å²) in [5.74, 6) is -0.567. The number of pyridine rings is 2. The molecule has 0 spiro atoms. The third kappa shape index (κ3) is 4.71. The predicted octanol–water partition coefficient (Wildman–Crippen LogP) is 6.35. The van der Waals surface area contributed by atoms with Crippen molar-refractivity contribution in [2.45, 2.75) is 19.8 Å². The molecule has 0 radical (unpaired) electrons. The summed E-state index contributed by atoms with van der Waals surface area (Å²) >= 11 is 0. The molecule has 3 heterocycles. The van der Waals surface area contributed by atoms with Gasteiger partial charge in [0.1, 0.15) is 11.3 Å². The molecule has 6 heteroatoms. The van der Waals surface area contributed by atoms with Gasteiger partial charge in [0.05, 0.1) is 5.58 Å². The Balaban J connectivity index is 0.000000246. The Morgan fingerprint density at radius 1 is 0.906 bits per heavy atom. The molecule has 2 aromatic carbocycles. The molecule has 0 amide bonds. The largest absolute Gasteiger partial charge is 0.500 e. The van der Waals surface area contributed by atoms with Gasteiger partial charge in [-0.2, -0.15) is 0 Å². The summed E-state index contributed by atoms with van der Waals surface area (Å²) in [6, 6.07) is 24.3. The molecule has 3 aromatic heterocycles. The molecular weight excluding hydrogens is 447 g/mol. The van der Waals surface area contributed by atoms with Crippen LogP contribution in [0.2, 0.25) is 0 Å². The average molecular weight is 468 g/mol. The standard InChI is InChI=1S/C20H16NO.C6H5NO2.Ni/c1-13(2)14-7-5-8-15-16-9-6-10-17(20(16)22-19(14)15)18-11-3-4-12-21-18;8-6(9)5-3-1-2-4-7-5;/h3-9,11-13H,1-2H3;1-4H,(H,8,9);/q-1;;. The van der Waals surface area contributed by atoms with Crippen LogP contribution in [0.3, 0.4) is 0 Å². The first-order chi connectivity index (χ1) is 15.1. The van der Waals surface area contributed by atoms with Gasteiger partial charge in [-0.15, -0.1) is 18.2 Å². The SMILES string of the molecule is CC(C)c1cccc2c1oc1c(-c3ccccn3)[c-]ccc12.O=C(O)c1ccccn1.[Ni]. The number of aromatic nitrogens is 2. The Kier molecular flexibility index (Phi) is 7.39. The van der Waals surface area contributed by atoms with Gasteiger partial charge in [0.25, 0.3) is 0 Å². The minimum atomic E-state index is -0.990. The molecule has 0 bridgehead atoms. The molecule has 0 saturated heterocycles.